The first-order valence-corrected chi connectivity index (χ1v) is 9.94. The van der Waals surface area contributed by atoms with Gasteiger partial charge in [-0.15, -0.1) is 0 Å². The second-order valence-electron chi connectivity index (χ2n) is 8.63. The molecular weight excluding hydrogens is 338 g/mol. The Balaban J connectivity index is 1.60. The van der Waals surface area contributed by atoms with E-state index in [0.29, 0.717) is 11.5 Å². The Morgan fingerprint density at radius 1 is 1.11 bits per heavy atom. The molecule has 1 amide bonds. The predicted octanol–water partition coefficient (Wildman–Crippen LogP) is 3.64. The number of hydrogen-bond acceptors (Lipinski definition) is 5. The van der Waals surface area contributed by atoms with Crippen molar-refractivity contribution in [2.24, 2.45) is 11.3 Å². The Kier molecular flexibility index (Phi) is 4.89. The molecule has 0 aliphatic heterocycles. The maximum absolute atomic E-state index is 12.8. The molecule has 4 rings (SSSR count). The van der Waals surface area contributed by atoms with Crippen LogP contribution in [0.4, 0.5) is 0 Å². The molecule has 1 saturated carbocycles. The molecular formula is C21H27N5O. The summed E-state index contributed by atoms with van der Waals surface area (Å²) >= 11 is 0. The molecule has 2 aromatic heterocycles. The fraction of sp³-hybridized carbons (Fsp3) is 0.571. The number of carbonyl (C=O) groups is 1. The van der Waals surface area contributed by atoms with Gasteiger partial charge in [-0.3, -0.25) is 9.78 Å². The van der Waals surface area contributed by atoms with Gasteiger partial charge in [-0.05, 0) is 31.1 Å². The first kappa shape index (κ1) is 18.0. The zero-order valence-electron chi connectivity index (χ0n) is 16.1. The molecule has 142 valence electrons. The van der Waals surface area contributed by atoms with Crippen LogP contribution in [0, 0.1) is 11.3 Å². The van der Waals surface area contributed by atoms with Crippen LogP contribution < -0.4 is 5.32 Å². The third-order valence-electron chi connectivity index (χ3n) is 5.76. The Bertz CT molecular complexity index is 815. The van der Waals surface area contributed by atoms with Gasteiger partial charge < -0.3 is 5.32 Å². The van der Waals surface area contributed by atoms with E-state index in [9.17, 15) is 4.79 Å². The Labute approximate surface area is 160 Å². The summed E-state index contributed by atoms with van der Waals surface area (Å²) in [6.07, 6.45) is 14.2. The zero-order valence-corrected chi connectivity index (χ0v) is 16.1. The first-order valence-electron chi connectivity index (χ1n) is 9.94. The number of aromatic nitrogens is 4. The molecule has 1 atom stereocenters. The van der Waals surface area contributed by atoms with Gasteiger partial charge in [-0.25, -0.2) is 15.0 Å². The third kappa shape index (κ3) is 3.99. The summed E-state index contributed by atoms with van der Waals surface area (Å²) in [5, 5.41) is 3.31. The molecule has 2 aliphatic rings. The molecule has 0 spiro atoms. The van der Waals surface area contributed by atoms with E-state index in [4.69, 9.17) is 4.98 Å². The van der Waals surface area contributed by atoms with Crippen molar-refractivity contribution in [1.82, 2.24) is 25.3 Å². The maximum atomic E-state index is 12.8. The van der Waals surface area contributed by atoms with E-state index >= 15 is 0 Å². The molecule has 6 heteroatoms. The normalized spacial score (nSPS) is 22.1. The molecule has 2 aliphatic carbocycles. The van der Waals surface area contributed by atoms with Crippen LogP contribution in [0.5, 0.6) is 0 Å². The van der Waals surface area contributed by atoms with Gasteiger partial charge in [-0.1, -0.05) is 33.1 Å². The molecule has 0 aromatic carbocycles. The van der Waals surface area contributed by atoms with Crippen molar-refractivity contribution in [2.75, 3.05) is 0 Å². The maximum Gasteiger partial charge on any atom is 0.223 e. The highest BCUT2D eigenvalue weighted by Crippen LogP contribution is 2.40. The second kappa shape index (κ2) is 7.33. The summed E-state index contributed by atoms with van der Waals surface area (Å²) in [7, 11) is 0. The van der Waals surface area contributed by atoms with Crippen molar-refractivity contribution in [3.8, 4) is 11.5 Å². The number of carbonyl (C=O) groups excluding carboxylic acids is 1. The van der Waals surface area contributed by atoms with Gasteiger partial charge in [0.05, 0.1) is 17.9 Å². The van der Waals surface area contributed by atoms with Crippen molar-refractivity contribution in [3.05, 3.63) is 36.0 Å². The summed E-state index contributed by atoms with van der Waals surface area (Å²) < 4.78 is 0. The van der Waals surface area contributed by atoms with Crippen LogP contribution in [0.1, 0.15) is 69.7 Å². The highest BCUT2D eigenvalue weighted by Gasteiger charge is 2.35. The summed E-state index contributed by atoms with van der Waals surface area (Å²) in [5.41, 5.74) is 2.80. The SMILES string of the molecule is CC1(C)Cc2nc(-c3cnccn3)ncc2[C@H](NC(=O)C2CCCCC2)C1. The Morgan fingerprint density at radius 3 is 2.67 bits per heavy atom. The predicted molar refractivity (Wildman–Crippen MR) is 103 cm³/mol. The summed E-state index contributed by atoms with van der Waals surface area (Å²) in [5.74, 6) is 0.949. The van der Waals surface area contributed by atoms with Crippen LogP contribution in [0.25, 0.3) is 11.5 Å². The van der Waals surface area contributed by atoms with Gasteiger partial charge in [0.15, 0.2) is 5.82 Å². The van der Waals surface area contributed by atoms with E-state index in [0.717, 1.165) is 49.8 Å². The molecule has 0 unspecified atom stereocenters. The van der Waals surface area contributed by atoms with E-state index in [1.807, 2.05) is 6.20 Å². The Morgan fingerprint density at radius 2 is 1.93 bits per heavy atom. The summed E-state index contributed by atoms with van der Waals surface area (Å²) in [4.78, 5) is 30.5. The van der Waals surface area contributed by atoms with Crippen LogP contribution in [0.15, 0.2) is 24.8 Å². The minimum absolute atomic E-state index is 0.0194. The highest BCUT2D eigenvalue weighted by atomic mass is 16.1. The largest absolute Gasteiger partial charge is 0.349 e. The standard InChI is InChI=1S/C21H27N5O/c1-21(2)10-16-15(12-24-19(25-16)18-13-22-8-9-23-18)17(11-21)26-20(27)14-6-4-3-5-7-14/h8-9,12-14,17H,3-7,10-11H2,1-2H3,(H,26,27)/t17-/m1/s1. The average Bonchev–Trinajstić information content (AvgIpc) is 2.68. The molecule has 2 aromatic rings. The van der Waals surface area contributed by atoms with E-state index in [2.05, 4.69) is 34.1 Å². The van der Waals surface area contributed by atoms with E-state index in [1.54, 1.807) is 18.6 Å². The van der Waals surface area contributed by atoms with Crippen molar-refractivity contribution in [2.45, 2.75) is 64.8 Å². The van der Waals surface area contributed by atoms with Crippen molar-refractivity contribution < 1.29 is 4.79 Å². The summed E-state index contributed by atoms with van der Waals surface area (Å²) in [6, 6.07) is -0.0194. The topological polar surface area (TPSA) is 80.7 Å². The van der Waals surface area contributed by atoms with E-state index in [1.165, 1.54) is 6.42 Å². The molecule has 27 heavy (non-hydrogen) atoms. The number of nitrogens with zero attached hydrogens (tertiary/aromatic N) is 4. The monoisotopic (exact) mass is 365 g/mol. The van der Waals surface area contributed by atoms with E-state index in [-0.39, 0.29) is 23.3 Å². The van der Waals surface area contributed by atoms with Crippen molar-refractivity contribution in [3.63, 3.8) is 0 Å². The molecule has 2 heterocycles. The first-order chi connectivity index (χ1) is 13.0. The van der Waals surface area contributed by atoms with Gasteiger partial charge in [0.2, 0.25) is 5.91 Å². The van der Waals surface area contributed by atoms with Crippen LogP contribution in [0.2, 0.25) is 0 Å². The van der Waals surface area contributed by atoms with E-state index < -0.39 is 0 Å². The molecule has 0 radical (unpaired) electrons. The lowest BCUT2D eigenvalue weighted by molar-refractivity contribution is -0.127. The minimum atomic E-state index is -0.0194. The molecule has 1 fully saturated rings. The molecule has 6 nitrogen and oxygen atoms in total. The van der Waals surface area contributed by atoms with Crippen molar-refractivity contribution in [1.29, 1.82) is 0 Å². The zero-order chi connectivity index (χ0) is 18.9. The molecule has 0 saturated heterocycles. The van der Waals surface area contributed by atoms with Gasteiger partial charge in [0.25, 0.3) is 0 Å². The molecule has 1 N–H and O–H groups in total. The quantitative estimate of drug-likeness (QED) is 0.898. The van der Waals surface area contributed by atoms with Crippen LogP contribution in [-0.4, -0.2) is 25.8 Å². The smallest absolute Gasteiger partial charge is 0.223 e. The lowest BCUT2D eigenvalue weighted by Crippen LogP contribution is -2.40. The number of fused-ring (bicyclic) bond motifs is 1. The lowest BCUT2D eigenvalue weighted by atomic mass is 9.74. The molecule has 0 bridgehead atoms. The highest BCUT2D eigenvalue weighted by molar-refractivity contribution is 5.79. The van der Waals surface area contributed by atoms with Gasteiger partial charge >= 0.3 is 0 Å². The number of hydrogen-bond donors (Lipinski definition) is 1. The number of rotatable bonds is 3. The van der Waals surface area contributed by atoms with Crippen molar-refractivity contribution >= 4 is 5.91 Å². The van der Waals surface area contributed by atoms with Gasteiger partial charge in [0.1, 0.15) is 5.69 Å². The third-order valence-corrected chi connectivity index (χ3v) is 5.76. The number of amides is 1. The van der Waals surface area contributed by atoms with Crippen LogP contribution >= 0.6 is 0 Å². The second-order valence-corrected chi connectivity index (χ2v) is 8.63. The lowest BCUT2D eigenvalue weighted by Gasteiger charge is -2.37. The van der Waals surface area contributed by atoms with Gasteiger partial charge in [-0.2, -0.15) is 0 Å². The van der Waals surface area contributed by atoms with Crippen LogP contribution in [-0.2, 0) is 11.2 Å². The van der Waals surface area contributed by atoms with Gasteiger partial charge in [0, 0.05) is 30.1 Å². The summed E-state index contributed by atoms with van der Waals surface area (Å²) in [6.45, 7) is 4.47. The average molecular weight is 365 g/mol. The fourth-order valence-corrected chi connectivity index (χ4v) is 4.37. The minimum Gasteiger partial charge on any atom is -0.349 e. The van der Waals surface area contributed by atoms with Crippen LogP contribution in [0.3, 0.4) is 0 Å². The Hall–Kier alpha value is -2.37. The number of nitrogens with one attached hydrogen (secondary N) is 1. The fourth-order valence-electron chi connectivity index (χ4n) is 4.37.